The number of hydrogen-bond donors (Lipinski definition) is 6. The lowest BCUT2D eigenvalue weighted by molar-refractivity contribution is -0.304. The molecule has 0 aromatic rings. The first kappa shape index (κ1) is 44.2. The van der Waals surface area contributed by atoms with Gasteiger partial charge in [0.05, 0.1) is 49.6 Å². The Labute approximate surface area is 306 Å². The minimum absolute atomic E-state index is 0.0434. The molecule has 0 spiro atoms. The Kier molecular flexibility index (Phi) is 17.0. The van der Waals surface area contributed by atoms with Crippen molar-refractivity contribution in [3.63, 3.8) is 0 Å². The smallest absolute Gasteiger partial charge is 0.308 e. The molecule has 3 aliphatic heterocycles. The van der Waals surface area contributed by atoms with E-state index < -0.39 is 116 Å². The van der Waals surface area contributed by atoms with Crippen LogP contribution in [0.5, 0.6) is 0 Å². The van der Waals surface area contributed by atoms with E-state index in [1.165, 1.54) is 13.0 Å². The number of likely N-dealkylation sites (N-methyl/N-ethyl adjacent to an activating group) is 1. The number of ether oxygens (including phenoxy) is 5. The zero-order valence-electron chi connectivity index (χ0n) is 31.6. The van der Waals surface area contributed by atoms with E-state index in [4.69, 9.17) is 23.7 Å². The monoisotopic (exact) mass is 743 g/mol. The molecule has 0 radical (unpaired) electrons. The highest BCUT2D eigenvalue weighted by Crippen LogP contribution is 2.34. The molecule has 0 amide bonds. The van der Waals surface area contributed by atoms with Crippen molar-refractivity contribution in [2.45, 2.75) is 147 Å². The first-order valence-electron chi connectivity index (χ1n) is 18.3. The van der Waals surface area contributed by atoms with Crippen LogP contribution in [0.3, 0.4) is 0 Å². The van der Waals surface area contributed by atoms with Gasteiger partial charge in [-0.2, -0.15) is 0 Å². The van der Waals surface area contributed by atoms with E-state index in [0.29, 0.717) is 18.3 Å². The number of aldehydes is 1. The molecule has 0 aliphatic carbocycles. The van der Waals surface area contributed by atoms with Gasteiger partial charge in [0.2, 0.25) is 0 Å². The second-order valence-corrected chi connectivity index (χ2v) is 14.9. The Hall–Kier alpha value is -2.15. The third-order valence-corrected chi connectivity index (χ3v) is 10.6. The molecule has 0 aromatic heterocycles. The average molecular weight is 744 g/mol. The summed E-state index contributed by atoms with van der Waals surface area (Å²) in [6, 6.07) is -0.752. The number of hydrogen-bond acceptors (Lipinski definition) is 15. The maximum atomic E-state index is 13.4. The molecule has 0 bridgehead atoms. The molecule has 6 N–H and O–H groups in total. The number of carbonyl (C=O) groups excluding carboxylic acids is 3. The molecule has 17 unspecified atom stereocenters. The van der Waals surface area contributed by atoms with Crippen LogP contribution in [0.1, 0.15) is 67.2 Å². The number of rotatable bonds is 9. The van der Waals surface area contributed by atoms with E-state index in [2.05, 4.69) is 0 Å². The molecule has 298 valence electrons. The van der Waals surface area contributed by atoms with Gasteiger partial charge in [-0.05, 0) is 59.7 Å². The van der Waals surface area contributed by atoms with E-state index >= 15 is 0 Å². The van der Waals surface area contributed by atoms with E-state index in [-0.39, 0.29) is 25.2 Å². The fourth-order valence-corrected chi connectivity index (χ4v) is 7.27. The number of allylic oxidation sites excluding steroid dienone is 3. The summed E-state index contributed by atoms with van der Waals surface area (Å²) < 4.78 is 29.6. The molecule has 0 aromatic carbocycles. The van der Waals surface area contributed by atoms with Crippen molar-refractivity contribution in [2.24, 2.45) is 23.7 Å². The topological polar surface area (TPSA) is 222 Å². The summed E-state index contributed by atoms with van der Waals surface area (Å²) in [6.45, 7) is 9.96. The molecule has 2 saturated heterocycles. The summed E-state index contributed by atoms with van der Waals surface area (Å²) in [7, 11) is 3.40. The van der Waals surface area contributed by atoms with Gasteiger partial charge < -0.3 is 64.0 Å². The Morgan fingerprint density at radius 3 is 2.13 bits per heavy atom. The molecule has 3 aliphatic rings. The lowest BCUT2D eigenvalue weighted by Gasteiger charge is -2.46. The lowest BCUT2D eigenvalue weighted by Crippen LogP contribution is -2.63. The van der Waals surface area contributed by atoms with Crippen LogP contribution in [0.25, 0.3) is 0 Å². The van der Waals surface area contributed by atoms with Crippen LogP contribution in [0, 0.1) is 23.7 Å². The van der Waals surface area contributed by atoms with Gasteiger partial charge in [-0.3, -0.25) is 9.59 Å². The van der Waals surface area contributed by atoms with Crippen molar-refractivity contribution >= 4 is 18.0 Å². The van der Waals surface area contributed by atoms with Gasteiger partial charge in [0.15, 0.2) is 18.4 Å². The van der Waals surface area contributed by atoms with Crippen LogP contribution < -0.4 is 0 Å². The highest BCUT2D eigenvalue weighted by Gasteiger charge is 2.47. The number of carbonyl (C=O) groups is 3. The van der Waals surface area contributed by atoms with Crippen LogP contribution >= 0.6 is 0 Å². The summed E-state index contributed by atoms with van der Waals surface area (Å²) in [5.74, 6) is -3.62. The summed E-state index contributed by atoms with van der Waals surface area (Å²) in [4.78, 5) is 40.5. The summed E-state index contributed by atoms with van der Waals surface area (Å²) >= 11 is 0. The predicted molar refractivity (Wildman–Crippen MR) is 186 cm³/mol. The van der Waals surface area contributed by atoms with Gasteiger partial charge in [-0.1, -0.05) is 38.5 Å². The predicted octanol–water partition coefficient (Wildman–Crippen LogP) is 0.254. The zero-order chi connectivity index (χ0) is 39.0. The molecule has 2 fully saturated rings. The van der Waals surface area contributed by atoms with Crippen LogP contribution in [0.2, 0.25) is 0 Å². The van der Waals surface area contributed by atoms with E-state index in [0.717, 1.165) is 0 Å². The standard InChI is InChI=1S/C37H61NO14/c1-9-27-24(17-48-36-34(47)33(46)31(44)22(6)49-36)14-18(2)10-11-25(40)19(3)15-23(12-13-39)35(20(4)26(41)16-28(42)51-27)52-37-32(45)29(38(7)8)30(43)21(5)50-37/h10-11,13-14,19-24,26-27,29-37,41,43-47H,9,12,15-17H2,1-8H3. The molecule has 3 heterocycles. The van der Waals surface area contributed by atoms with E-state index in [1.54, 1.807) is 65.8 Å². The van der Waals surface area contributed by atoms with Crippen molar-refractivity contribution < 1.29 is 68.7 Å². The van der Waals surface area contributed by atoms with Gasteiger partial charge in [0, 0.05) is 24.2 Å². The summed E-state index contributed by atoms with van der Waals surface area (Å²) in [6.07, 6.45) is -8.40. The van der Waals surface area contributed by atoms with Gasteiger partial charge in [0.25, 0.3) is 0 Å². The molecular formula is C37H61NO14. The highest BCUT2D eigenvalue weighted by atomic mass is 16.7. The van der Waals surface area contributed by atoms with Crippen LogP contribution in [-0.2, 0) is 38.1 Å². The lowest BCUT2D eigenvalue weighted by atomic mass is 9.79. The number of nitrogens with zero attached hydrogens (tertiary/aromatic N) is 1. The van der Waals surface area contributed by atoms with Crippen molar-refractivity contribution in [3.8, 4) is 0 Å². The Balaban J connectivity index is 1.95. The van der Waals surface area contributed by atoms with Gasteiger partial charge >= 0.3 is 5.97 Å². The second-order valence-electron chi connectivity index (χ2n) is 14.9. The largest absolute Gasteiger partial charge is 0.462 e. The number of cyclic esters (lactones) is 1. The molecule has 52 heavy (non-hydrogen) atoms. The first-order chi connectivity index (χ1) is 24.4. The number of esters is 1. The van der Waals surface area contributed by atoms with Crippen LogP contribution in [0.4, 0.5) is 0 Å². The normalized spacial score (nSPS) is 43.2. The number of ketones is 1. The summed E-state index contributed by atoms with van der Waals surface area (Å²) in [5.41, 5.74) is 0.638. The molecule has 17 atom stereocenters. The fraction of sp³-hybridized carbons (Fsp3) is 0.811. The van der Waals surface area contributed by atoms with Crippen LogP contribution in [-0.4, -0.2) is 154 Å². The van der Waals surface area contributed by atoms with Crippen molar-refractivity contribution in [1.82, 2.24) is 4.90 Å². The maximum Gasteiger partial charge on any atom is 0.308 e. The van der Waals surface area contributed by atoms with Gasteiger partial charge in [0.1, 0.15) is 36.8 Å². The van der Waals surface area contributed by atoms with Crippen molar-refractivity contribution in [3.05, 3.63) is 23.8 Å². The Morgan fingerprint density at radius 2 is 1.52 bits per heavy atom. The molecule has 3 rings (SSSR count). The quantitative estimate of drug-likeness (QED) is 0.138. The molecule has 15 nitrogen and oxygen atoms in total. The molecule has 15 heteroatoms. The van der Waals surface area contributed by atoms with Crippen molar-refractivity contribution in [1.29, 1.82) is 0 Å². The van der Waals surface area contributed by atoms with Gasteiger partial charge in [-0.25, -0.2) is 0 Å². The SMILES string of the molecule is CCC1OC(=O)CC(O)C(C)C(OC2OC(C)C(O)C(N(C)C)C2O)C(CC=O)CC(C)C(=O)C=CC(C)=CC1COC1OC(C)C(O)C(O)C1O. The number of aliphatic hydroxyl groups is 6. The van der Waals surface area contributed by atoms with E-state index in [1.807, 2.05) is 0 Å². The minimum atomic E-state index is -1.54. The Bertz CT molecular complexity index is 1230. The maximum absolute atomic E-state index is 13.4. The highest BCUT2D eigenvalue weighted by molar-refractivity contribution is 5.91. The van der Waals surface area contributed by atoms with Crippen LogP contribution in [0.15, 0.2) is 23.8 Å². The second kappa shape index (κ2) is 20.0. The first-order valence-corrected chi connectivity index (χ1v) is 18.3. The zero-order valence-corrected chi connectivity index (χ0v) is 31.6. The molecular weight excluding hydrogens is 682 g/mol. The fourth-order valence-electron chi connectivity index (χ4n) is 7.27. The third-order valence-electron chi connectivity index (χ3n) is 10.6. The van der Waals surface area contributed by atoms with E-state index in [9.17, 15) is 45.0 Å². The van der Waals surface area contributed by atoms with Crippen molar-refractivity contribution in [2.75, 3.05) is 20.7 Å². The minimum Gasteiger partial charge on any atom is -0.462 e. The van der Waals surface area contributed by atoms with Gasteiger partial charge in [-0.15, -0.1) is 0 Å². The number of aliphatic hydroxyl groups excluding tert-OH is 6. The third kappa shape index (κ3) is 11.2. The average Bonchev–Trinajstić information content (AvgIpc) is 3.08. The summed E-state index contributed by atoms with van der Waals surface area (Å²) in [5, 5.41) is 64.3. The molecule has 0 saturated carbocycles. The Morgan fingerprint density at radius 1 is 0.885 bits per heavy atom.